The fourth-order valence-corrected chi connectivity index (χ4v) is 10.5. The monoisotopic (exact) mass is 795 g/mol. The molecule has 3 aromatic heterocycles. The van der Waals surface area contributed by atoms with Crippen LogP contribution in [-0.4, -0.2) is 24.1 Å². The van der Waals surface area contributed by atoms with Crippen LogP contribution in [0.2, 0.25) is 0 Å². The Hall–Kier alpha value is -7.80. The number of hydrogen-bond donors (Lipinski definition) is 0. The van der Waals surface area contributed by atoms with Crippen LogP contribution in [0.15, 0.2) is 210 Å². The van der Waals surface area contributed by atoms with Crippen LogP contribution >= 0.6 is 11.8 Å². The molecule has 4 heterocycles. The van der Waals surface area contributed by atoms with Gasteiger partial charge in [0, 0.05) is 37.1 Å². The molecule has 0 unspecified atom stereocenters. The molecular weight excluding hydrogens is 763 g/mol. The minimum absolute atomic E-state index is 0.571. The lowest BCUT2D eigenvalue weighted by Crippen LogP contribution is -2.10. The number of nitrogens with zero attached hydrogens (tertiary/aromatic N) is 5. The second-order valence-corrected chi connectivity index (χ2v) is 16.7. The van der Waals surface area contributed by atoms with Crippen LogP contribution in [0.5, 0.6) is 0 Å². The van der Waals surface area contributed by atoms with E-state index < -0.39 is 0 Å². The van der Waals surface area contributed by atoms with Gasteiger partial charge in [0.25, 0.3) is 0 Å². The minimum atomic E-state index is 0.571. The molecule has 0 saturated heterocycles. The molecule has 1 aliphatic rings. The van der Waals surface area contributed by atoms with Crippen LogP contribution in [0.4, 0.5) is 0 Å². The van der Waals surface area contributed by atoms with Crippen LogP contribution in [0.3, 0.4) is 0 Å². The Labute approximate surface area is 355 Å². The van der Waals surface area contributed by atoms with Crippen LogP contribution < -0.4 is 0 Å². The van der Waals surface area contributed by atoms with Gasteiger partial charge in [-0.2, -0.15) is 9.97 Å². The number of rotatable bonds is 5. The zero-order chi connectivity index (χ0) is 40.0. The van der Waals surface area contributed by atoms with Crippen molar-refractivity contribution in [3.8, 4) is 56.7 Å². The maximum absolute atomic E-state index is 5.40. The first-order valence-electron chi connectivity index (χ1n) is 20.5. The summed E-state index contributed by atoms with van der Waals surface area (Å²) in [4.78, 5) is 18.5. The van der Waals surface area contributed by atoms with E-state index in [1.165, 1.54) is 58.9 Å². The van der Waals surface area contributed by atoms with Gasteiger partial charge in [-0.3, -0.25) is 9.13 Å². The first-order chi connectivity index (χ1) is 30.2. The molecule has 1 aliphatic heterocycles. The molecule has 0 saturated carbocycles. The number of hydrogen-bond acceptors (Lipinski definition) is 4. The van der Waals surface area contributed by atoms with Gasteiger partial charge < -0.3 is 0 Å². The first kappa shape index (κ1) is 34.1. The summed E-state index contributed by atoms with van der Waals surface area (Å²) in [6, 6.07) is 71.4. The Kier molecular flexibility index (Phi) is 7.47. The first-order valence-corrected chi connectivity index (χ1v) is 21.3. The van der Waals surface area contributed by atoms with Crippen molar-refractivity contribution in [3.63, 3.8) is 0 Å². The topological polar surface area (TPSA) is 48.5 Å². The average molecular weight is 796 g/mol. The number of aromatic nitrogens is 5. The van der Waals surface area contributed by atoms with Crippen LogP contribution in [0.1, 0.15) is 0 Å². The smallest absolute Gasteiger partial charge is 0.239 e. The van der Waals surface area contributed by atoms with Gasteiger partial charge in [-0.1, -0.05) is 182 Å². The molecule has 0 aliphatic carbocycles. The van der Waals surface area contributed by atoms with Crippen molar-refractivity contribution in [1.29, 1.82) is 0 Å². The van der Waals surface area contributed by atoms with Gasteiger partial charge in [0.05, 0.1) is 16.7 Å². The number of benzene rings is 9. The van der Waals surface area contributed by atoms with Crippen molar-refractivity contribution in [2.75, 3.05) is 0 Å². The molecule has 61 heavy (non-hydrogen) atoms. The van der Waals surface area contributed by atoms with E-state index in [0.29, 0.717) is 17.6 Å². The lowest BCUT2D eigenvalue weighted by Gasteiger charge is -2.20. The Morgan fingerprint density at radius 2 is 0.984 bits per heavy atom. The largest absolute Gasteiger partial charge is 0.293 e. The van der Waals surface area contributed by atoms with Crippen molar-refractivity contribution >= 4 is 66.1 Å². The predicted molar refractivity (Wildman–Crippen MR) is 252 cm³/mol. The molecule has 0 bridgehead atoms. The van der Waals surface area contributed by atoms with E-state index in [1.807, 2.05) is 11.8 Å². The molecule has 0 amide bonds. The lowest BCUT2D eigenvalue weighted by molar-refractivity contribution is 0.927. The van der Waals surface area contributed by atoms with Crippen molar-refractivity contribution in [2.24, 2.45) is 0 Å². The van der Waals surface area contributed by atoms with E-state index >= 15 is 0 Å². The number of fused-ring (bicyclic) bond motifs is 9. The predicted octanol–water partition coefficient (Wildman–Crippen LogP) is 14.4. The third-order valence-electron chi connectivity index (χ3n) is 12.2. The van der Waals surface area contributed by atoms with Gasteiger partial charge in [-0.05, 0) is 74.1 Å². The van der Waals surface area contributed by atoms with Crippen molar-refractivity contribution in [2.45, 2.75) is 9.79 Å². The second kappa shape index (κ2) is 13.4. The van der Waals surface area contributed by atoms with Crippen molar-refractivity contribution in [1.82, 2.24) is 24.1 Å². The van der Waals surface area contributed by atoms with E-state index in [2.05, 4.69) is 209 Å². The molecule has 0 radical (unpaired) electrons. The van der Waals surface area contributed by atoms with Gasteiger partial charge >= 0.3 is 0 Å². The molecule has 0 N–H and O–H groups in total. The summed E-state index contributed by atoms with van der Waals surface area (Å²) < 4.78 is 4.68. The summed E-state index contributed by atoms with van der Waals surface area (Å²) in [6.07, 6.45) is 0. The Bertz CT molecular complexity index is 3730. The maximum atomic E-state index is 5.40. The molecule has 0 spiro atoms. The summed E-state index contributed by atoms with van der Waals surface area (Å²) in [7, 11) is 0. The SMILES string of the molecule is c1ccc(-c2cccc3cccc(-c4ccc(-c5nc(-c6ccc7ccccc7c6)nc(-n6c7ccccc7c7c8cccc9c8n(c76)-c6ccccc6S9)n5)cc4)c23)cc1. The zero-order valence-corrected chi connectivity index (χ0v) is 33.5. The van der Waals surface area contributed by atoms with E-state index in [4.69, 9.17) is 15.0 Å². The molecule has 6 heteroatoms. The molecule has 0 atom stereocenters. The molecule has 13 rings (SSSR count). The highest BCUT2D eigenvalue weighted by molar-refractivity contribution is 7.99. The molecule has 284 valence electrons. The Balaban J connectivity index is 1.05. The van der Waals surface area contributed by atoms with Crippen molar-refractivity contribution in [3.05, 3.63) is 200 Å². The third-order valence-corrected chi connectivity index (χ3v) is 13.3. The van der Waals surface area contributed by atoms with Gasteiger partial charge in [-0.25, -0.2) is 4.98 Å². The average Bonchev–Trinajstić information content (AvgIpc) is 3.85. The third kappa shape index (κ3) is 5.26. The maximum Gasteiger partial charge on any atom is 0.239 e. The van der Waals surface area contributed by atoms with E-state index in [1.54, 1.807) is 0 Å². The fourth-order valence-electron chi connectivity index (χ4n) is 9.42. The summed E-state index contributed by atoms with van der Waals surface area (Å²) in [6.45, 7) is 0. The van der Waals surface area contributed by atoms with Gasteiger partial charge in [-0.15, -0.1) is 0 Å². The van der Waals surface area contributed by atoms with Crippen LogP contribution in [-0.2, 0) is 0 Å². The second-order valence-electron chi connectivity index (χ2n) is 15.6. The lowest BCUT2D eigenvalue weighted by atomic mass is 9.91. The van der Waals surface area contributed by atoms with E-state index in [-0.39, 0.29) is 0 Å². The number of para-hydroxylation sites is 3. The van der Waals surface area contributed by atoms with Crippen LogP contribution in [0.25, 0.3) is 111 Å². The van der Waals surface area contributed by atoms with E-state index in [9.17, 15) is 0 Å². The highest BCUT2D eigenvalue weighted by atomic mass is 32.2. The normalized spacial score (nSPS) is 12.2. The Morgan fingerprint density at radius 1 is 0.377 bits per heavy atom. The highest BCUT2D eigenvalue weighted by Gasteiger charge is 2.29. The van der Waals surface area contributed by atoms with Gasteiger partial charge in [0.2, 0.25) is 5.95 Å². The van der Waals surface area contributed by atoms with Crippen molar-refractivity contribution < 1.29 is 0 Å². The molecule has 0 fully saturated rings. The fraction of sp³-hybridized carbons (Fsp3) is 0. The minimum Gasteiger partial charge on any atom is -0.293 e. The summed E-state index contributed by atoms with van der Waals surface area (Å²) >= 11 is 1.83. The molecule has 5 nitrogen and oxygen atoms in total. The molecule has 12 aromatic rings. The van der Waals surface area contributed by atoms with E-state index in [0.717, 1.165) is 44.3 Å². The Morgan fingerprint density at radius 3 is 1.82 bits per heavy atom. The quantitative estimate of drug-likeness (QED) is 0.174. The zero-order valence-electron chi connectivity index (χ0n) is 32.7. The molecular formula is C55H33N5S. The highest BCUT2D eigenvalue weighted by Crippen LogP contribution is 2.49. The van der Waals surface area contributed by atoms with Gasteiger partial charge in [0.1, 0.15) is 5.65 Å². The van der Waals surface area contributed by atoms with Crippen LogP contribution in [0, 0.1) is 0 Å². The molecule has 9 aromatic carbocycles. The summed E-state index contributed by atoms with van der Waals surface area (Å²) in [5, 5.41) is 8.31. The van der Waals surface area contributed by atoms with Gasteiger partial charge in [0.15, 0.2) is 11.6 Å². The summed E-state index contributed by atoms with van der Waals surface area (Å²) in [5.74, 6) is 1.80. The summed E-state index contributed by atoms with van der Waals surface area (Å²) in [5.41, 5.74) is 11.0. The standard InChI is InChI=1S/C55H33N5S/c1-2-14-35(15-3-1)41-20-10-17-37-18-11-21-42(49(37)41)36-28-30-38(31-29-36)52-56-53(40-32-27-34-13-4-5-16-39(34)33-40)58-55(57-52)60-45-23-7-6-19-43(45)50-44-22-12-26-48-51(44)59(54(50)60)46-24-8-9-25-47(46)61-48/h1-33H.